The summed E-state index contributed by atoms with van der Waals surface area (Å²) in [7, 11) is 0. The van der Waals surface area contributed by atoms with Crippen molar-refractivity contribution in [3.8, 4) is 5.75 Å². The molecule has 2 saturated carbocycles. The summed E-state index contributed by atoms with van der Waals surface area (Å²) in [6.45, 7) is 4.44. The largest absolute Gasteiger partial charge is 0.486 e. The van der Waals surface area contributed by atoms with E-state index in [0.717, 1.165) is 43.4 Å². The molecular formula is C24H34F2O. The van der Waals surface area contributed by atoms with Crippen molar-refractivity contribution in [1.82, 2.24) is 0 Å². The first-order valence-electron chi connectivity index (χ1n) is 10.9. The van der Waals surface area contributed by atoms with Crippen LogP contribution in [-0.2, 0) is 0 Å². The van der Waals surface area contributed by atoms with Crippen LogP contribution in [0.3, 0.4) is 0 Å². The zero-order valence-electron chi connectivity index (χ0n) is 16.9. The van der Waals surface area contributed by atoms with Gasteiger partial charge in [0, 0.05) is 0 Å². The molecular weight excluding hydrogens is 342 g/mol. The predicted molar refractivity (Wildman–Crippen MR) is 107 cm³/mol. The zero-order valence-corrected chi connectivity index (χ0v) is 16.9. The average molecular weight is 377 g/mol. The lowest BCUT2D eigenvalue weighted by Gasteiger charge is -2.38. The van der Waals surface area contributed by atoms with Gasteiger partial charge < -0.3 is 4.74 Å². The van der Waals surface area contributed by atoms with Crippen molar-refractivity contribution in [2.24, 2.45) is 17.8 Å². The maximum atomic E-state index is 14.6. The van der Waals surface area contributed by atoms with Gasteiger partial charge in [-0.1, -0.05) is 44.4 Å². The van der Waals surface area contributed by atoms with Crippen LogP contribution in [0.4, 0.5) is 8.78 Å². The summed E-state index contributed by atoms with van der Waals surface area (Å²) in [6.07, 6.45) is 14.7. The van der Waals surface area contributed by atoms with Gasteiger partial charge in [-0.05, 0) is 80.8 Å². The molecule has 0 aliphatic heterocycles. The van der Waals surface area contributed by atoms with Gasteiger partial charge >= 0.3 is 0 Å². The Morgan fingerprint density at radius 1 is 0.926 bits per heavy atom. The first kappa shape index (κ1) is 20.4. The summed E-state index contributed by atoms with van der Waals surface area (Å²) in [4.78, 5) is 0. The van der Waals surface area contributed by atoms with Gasteiger partial charge in [-0.2, -0.15) is 4.39 Å². The van der Waals surface area contributed by atoms with E-state index in [9.17, 15) is 8.78 Å². The van der Waals surface area contributed by atoms with Crippen LogP contribution in [0, 0.1) is 29.4 Å². The summed E-state index contributed by atoms with van der Waals surface area (Å²) in [6, 6.07) is 3.33. The molecule has 1 aromatic carbocycles. The number of halogens is 2. The molecule has 2 aliphatic rings. The minimum absolute atomic E-state index is 0.00993. The Balaban J connectivity index is 1.57. The van der Waals surface area contributed by atoms with Gasteiger partial charge in [0.1, 0.15) is 6.61 Å². The van der Waals surface area contributed by atoms with Crippen molar-refractivity contribution < 1.29 is 13.5 Å². The Labute approximate surface area is 163 Å². The van der Waals surface area contributed by atoms with Crippen LogP contribution in [0.2, 0.25) is 0 Å². The summed E-state index contributed by atoms with van der Waals surface area (Å²) in [5.74, 6) is 1.19. The molecule has 0 radical (unpaired) electrons. The van der Waals surface area contributed by atoms with Crippen molar-refractivity contribution in [3.05, 3.63) is 41.5 Å². The van der Waals surface area contributed by atoms with E-state index in [1.165, 1.54) is 32.1 Å². The Hall–Kier alpha value is -1.38. The van der Waals surface area contributed by atoms with Crippen LogP contribution < -0.4 is 4.74 Å². The minimum atomic E-state index is -0.836. The molecule has 0 N–H and O–H groups in total. The van der Waals surface area contributed by atoms with Crippen LogP contribution in [0.15, 0.2) is 24.3 Å². The number of rotatable bonds is 6. The third kappa shape index (κ3) is 4.92. The molecule has 3 rings (SSSR count). The van der Waals surface area contributed by atoms with Gasteiger partial charge in [0.25, 0.3) is 0 Å². The first-order valence-corrected chi connectivity index (χ1v) is 10.9. The van der Waals surface area contributed by atoms with E-state index in [1.54, 1.807) is 18.2 Å². The van der Waals surface area contributed by atoms with Gasteiger partial charge in [-0.3, -0.25) is 0 Å². The van der Waals surface area contributed by atoms with E-state index >= 15 is 0 Å². The molecule has 0 saturated heterocycles. The van der Waals surface area contributed by atoms with Crippen LogP contribution >= 0.6 is 0 Å². The van der Waals surface area contributed by atoms with Crippen LogP contribution in [-0.4, -0.2) is 6.61 Å². The highest BCUT2D eigenvalue weighted by Crippen LogP contribution is 2.45. The normalized spacial score (nSPS) is 29.2. The highest BCUT2D eigenvalue weighted by molar-refractivity contribution is 5.33. The van der Waals surface area contributed by atoms with Crippen molar-refractivity contribution >= 4 is 0 Å². The first-order chi connectivity index (χ1) is 13.1. The fraction of sp³-hybridized carbons (Fsp3) is 0.667. The number of ether oxygens (including phenoxy) is 1. The Morgan fingerprint density at radius 3 is 2.15 bits per heavy atom. The van der Waals surface area contributed by atoms with Crippen molar-refractivity contribution in [3.63, 3.8) is 0 Å². The number of hydrogen-bond acceptors (Lipinski definition) is 1. The molecule has 0 aromatic heterocycles. The molecule has 0 amide bonds. The maximum absolute atomic E-state index is 14.6. The minimum Gasteiger partial charge on any atom is -0.486 e. The fourth-order valence-corrected chi connectivity index (χ4v) is 5.18. The summed E-state index contributed by atoms with van der Waals surface area (Å²) < 4.78 is 34.3. The smallest absolute Gasteiger partial charge is 0.200 e. The summed E-state index contributed by atoms with van der Waals surface area (Å²) >= 11 is 0. The molecule has 3 heteroatoms. The molecule has 0 atom stereocenters. The molecule has 2 aliphatic carbocycles. The van der Waals surface area contributed by atoms with E-state index in [2.05, 4.69) is 6.92 Å². The zero-order chi connectivity index (χ0) is 19.2. The number of hydrogen-bond donors (Lipinski definition) is 0. The molecule has 0 unspecified atom stereocenters. The van der Waals surface area contributed by atoms with E-state index in [1.807, 2.05) is 13.0 Å². The van der Waals surface area contributed by atoms with E-state index in [4.69, 9.17) is 4.74 Å². The molecule has 150 valence electrons. The highest BCUT2D eigenvalue weighted by Gasteiger charge is 2.32. The van der Waals surface area contributed by atoms with Crippen LogP contribution in [0.1, 0.15) is 83.1 Å². The lowest BCUT2D eigenvalue weighted by Crippen LogP contribution is -2.25. The van der Waals surface area contributed by atoms with E-state index < -0.39 is 11.6 Å². The quantitative estimate of drug-likeness (QED) is 0.470. The van der Waals surface area contributed by atoms with Crippen LogP contribution in [0.5, 0.6) is 5.75 Å². The number of allylic oxidation sites excluding steroid dienone is 1. The van der Waals surface area contributed by atoms with Crippen molar-refractivity contribution in [2.75, 3.05) is 6.61 Å². The van der Waals surface area contributed by atoms with Gasteiger partial charge in [-0.15, -0.1) is 0 Å². The second-order valence-corrected chi connectivity index (χ2v) is 8.46. The summed E-state index contributed by atoms with van der Waals surface area (Å²) in [5, 5.41) is 0. The number of benzene rings is 1. The molecule has 1 aromatic rings. The van der Waals surface area contributed by atoms with Crippen molar-refractivity contribution in [2.45, 2.75) is 77.6 Å². The topological polar surface area (TPSA) is 9.23 Å². The Morgan fingerprint density at radius 2 is 1.56 bits per heavy atom. The highest BCUT2D eigenvalue weighted by atomic mass is 19.2. The molecule has 0 heterocycles. The van der Waals surface area contributed by atoms with Gasteiger partial charge in [0.05, 0.1) is 0 Å². The lowest BCUT2D eigenvalue weighted by atomic mass is 9.68. The standard InChI is InChI=1S/C24H34F2O/c1-3-5-16-27-22-15-14-21(23(25)24(22)26)20-12-10-19(11-13-20)18-8-6-17(4-2)7-9-18/h3,5,14-15,17-20H,4,6-13,16H2,1-2H3/b5-3+. The van der Waals surface area contributed by atoms with Crippen LogP contribution in [0.25, 0.3) is 0 Å². The Kier molecular flexibility index (Phi) is 7.32. The lowest BCUT2D eigenvalue weighted by molar-refractivity contribution is 0.158. The SMILES string of the molecule is C/C=C/COc1ccc(C2CCC(C3CCC(CC)CC3)CC2)c(F)c1F. The van der Waals surface area contributed by atoms with Gasteiger partial charge in [0.2, 0.25) is 5.82 Å². The molecule has 0 spiro atoms. The maximum Gasteiger partial charge on any atom is 0.200 e. The molecule has 2 fully saturated rings. The van der Waals surface area contributed by atoms with E-state index in [0.29, 0.717) is 5.56 Å². The van der Waals surface area contributed by atoms with Gasteiger partial charge in [0.15, 0.2) is 11.6 Å². The fourth-order valence-electron chi connectivity index (χ4n) is 5.18. The molecule has 27 heavy (non-hydrogen) atoms. The Bertz CT molecular complexity index is 624. The monoisotopic (exact) mass is 376 g/mol. The second-order valence-electron chi connectivity index (χ2n) is 8.46. The van der Waals surface area contributed by atoms with E-state index in [-0.39, 0.29) is 18.3 Å². The van der Waals surface area contributed by atoms with Gasteiger partial charge in [-0.25, -0.2) is 4.39 Å². The molecule has 0 bridgehead atoms. The predicted octanol–water partition coefficient (Wildman–Crippen LogP) is 7.41. The molecule has 1 nitrogen and oxygen atoms in total. The third-order valence-electron chi connectivity index (χ3n) is 6.99. The summed E-state index contributed by atoms with van der Waals surface area (Å²) in [5.41, 5.74) is 0.541. The third-order valence-corrected chi connectivity index (χ3v) is 6.99. The van der Waals surface area contributed by atoms with Crippen molar-refractivity contribution in [1.29, 1.82) is 0 Å². The average Bonchev–Trinajstić information content (AvgIpc) is 2.72. The second kappa shape index (κ2) is 9.71.